The molecule has 20 heavy (non-hydrogen) atoms. The number of nitrogens with zero attached hydrogens (tertiary/aromatic N) is 2. The first-order valence-electron chi connectivity index (χ1n) is 7.46. The maximum Gasteiger partial charge on any atom is 0.315 e. The minimum absolute atomic E-state index is 0.000342. The second-order valence-corrected chi connectivity index (χ2v) is 5.79. The van der Waals surface area contributed by atoms with Crippen molar-refractivity contribution < 1.29 is 4.79 Å². The Labute approximate surface area is 119 Å². The van der Waals surface area contributed by atoms with Crippen LogP contribution in [0.4, 0.5) is 10.6 Å². The third-order valence-corrected chi connectivity index (χ3v) is 3.94. The second-order valence-electron chi connectivity index (χ2n) is 5.79. The number of amides is 2. The van der Waals surface area contributed by atoms with E-state index in [-0.39, 0.29) is 12.1 Å². The van der Waals surface area contributed by atoms with Gasteiger partial charge in [0, 0.05) is 30.9 Å². The molecular formula is C15H22N4O. The number of anilines is 1. The van der Waals surface area contributed by atoms with Gasteiger partial charge < -0.3 is 15.5 Å². The molecule has 5 nitrogen and oxygen atoms in total. The highest BCUT2D eigenvalue weighted by Crippen LogP contribution is 2.20. The van der Waals surface area contributed by atoms with Crippen molar-refractivity contribution in [1.29, 1.82) is 0 Å². The third kappa shape index (κ3) is 3.40. The molecule has 0 bridgehead atoms. The van der Waals surface area contributed by atoms with Gasteiger partial charge in [0.05, 0.1) is 0 Å². The van der Waals surface area contributed by atoms with E-state index in [0.29, 0.717) is 6.04 Å². The average molecular weight is 274 g/mol. The summed E-state index contributed by atoms with van der Waals surface area (Å²) in [6.45, 7) is 3.91. The van der Waals surface area contributed by atoms with Crippen LogP contribution in [0, 0.1) is 6.92 Å². The van der Waals surface area contributed by atoms with Crippen LogP contribution >= 0.6 is 0 Å². The van der Waals surface area contributed by atoms with Gasteiger partial charge in [0.1, 0.15) is 5.82 Å². The number of urea groups is 1. The van der Waals surface area contributed by atoms with Crippen molar-refractivity contribution in [3.05, 3.63) is 23.9 Å². The van der Waals surface area contributed by atoms with Crippen molar-refractivity contribution in [3.63, 3.8) is 0 Å². The van der Waals surface area contributed by atoms with E-state index in [1.807, 2.05) is 19.1 Å². The van der Waals surface area contributed by atoms with Crippen molar-refractivity contribution in [3.8, 4) is 0 Å². The summed E-state index contributed by atoms with van der Waals surface area (Å²) in [5.41, 5.74) is 1.05. The molecule has 2 heterocycles. The van der Waals surface area contributed by atoms with Crippen LogP contribution < -0.4 is 15.5 Å². The smallest absolute Gasteiger partial charge is 0.315 e. The molecule has 1 aliphatic carbocycles. The van der Waals surface area contributed by atoms with E-state index >= 15 is 0 Å². The van der Waals surface area contributed by atoms with Crippen LogP contribution in [0.2, 0.25) is 0 Å². The molecule has 1 aromatic rings. The lowest BCUT2D eigenvalue weighted by molar-refractivity contribution is 0.234. The van der Waals surface area contributed by atoms with Crippen LogP contribution in [0.3, 0.4) is 0 Å². The summed E-state index contributed by atoms with van der Waals surface area (Å²) in [7, 11) is 0. The van der Waals surface area contributed by atoms with Gasteiger partial charge in [-0.25, -0.2) is 9.78 Å². The molecule has 1 aromatic heterocycles. The fourth-order valence-corrected chi connectivity index (χ4v) is 2.60. The minimum Gasteiger partial charge on any atom is -0.356 e. The van der Waals surface area contributed by atoms with Gasteiger partial charge in [0.25, 0.3) is 0 Å². The zero-order valence-electron chi connectivity index (χ0n) is 11.9. The van der Waals surface area contributed by atoms with Crippen LogP contribution in [0.15, 0.2) is 18.2 Å². The summed E-state index contributed by atoms with van der Waals surface area (Å²) in [5.74, 6) is 1.05. The van der Waals surface area contributed by atoms with E-state index < -0.39 is 0 Å². The number of aryl methyl sites for hydroxylation is 1. The zero-order chi connectivity index (χ0) is 13.9. The Bertz CT molecular complexity index is 479. The van der Waals surface area contributed by atoms with Crippen molar-refractivity contribution >= 4 is 11.8 Å². The maximum absolute atomic E-state index is 11.7. The first-order chi connectivity index (χ1) is 9.70. The van der Waals surface area contributed by atoms with Crippen LogP contribution in [-0.2, 0) is 0 Å². The molecule has 0 atom stereocenters. The summed E-state index contributed by atoms with van der Waals surface area (Å²) < 4.78 is 0. The summed E-state index contributed by atoms with van der Waals surface area (Å²) in [4.78, 5) is 18.6. The Kier molecular flexibility index (Phi) is 3.76. The lowest BCUT2D eigenvalue weighted by Crippen LogP contribution is -2.48. The Balaban J connectivity index is 1.47. The van der Waals surface area contributed by atoms with Gasteiger partial charge in [0.15, 0.2) is 0 Å². The van der Waals surface area contributed by atoms with E-state index in [9.17, 15) is 4.79 Å². The number of hydrogen-bond acceptors (Lipinski definition) is 3. The predicted molar refractivity (Wildman–Crippen MR) is 78.9 cm³/mol. The predicted octanol–water partition coefficient (Wildman–Crippen LogP) is 1.82. The van der Waals surface area contributed by atoms with Crippen molar-refractivity contribution in [2.75, 3.05) is 18.0 Å². The SMILES string of the molecule is Cc1cccc(N2CCC(NC(=O)NC3CC3)CC2)n1. The number of rotatable bonds is 3. The number of carbonyl (C=O) groups is 1. The lowest BCUT2D eigenvalue weighted by atomic mass is 10.1. The van der Waals surface area contributed by atoms with E-state index in [1.165, 1.54) is 0 Å². The van der Waals surface area contributed by atoms with Crippen LogP contribution in [0.25, 0.3) is 0 Å². The molecule has 2 N–H and O–H groups in total. The van der Waals surface area contributed by atoms with Gasteiger partial charge in [-0.1, -0.05) is 6.07 Å². The molecule has 1 saturated carbocycles. The molecule has 3 rings (SSSR count). The molecule has 2 aliphatic rings. The standard InChI is InChI=1S/C15H22N4O/c1-11-3-2-4-14(16-11)19-9-7-13(8-10-19)18-15(20)17-12-5-6-12/h2-4,12-13H,5-10H2,1H3,(H2,17,18,20). The largest absolute Gasteiger partial charge is 0.356 e. The highest BCUT2D eigenvalue weighted by Gasteiger charge is 2.26. The molecule has 2 fully saturated rings. The number of nitrogens with one attached hydrogen (secondary N) is 2. The lowest BCUT2D eigenvalue weighted by Gasteiger charge is -2.33. The van der Waals surface area contributed by atoms with Gasteiger partial charge in [0.2, 0.25) is 0 Å². The number of piperidine rings is 1. The van der Waals surface area contributed by atoms with Crippen molar-refractivity contribution in [2.24, 2.45) is 0 Å². The number of aromatic nitrogens is 1. The van der Waals surface area contributed by atoms with Gasteiger partial charge in [-0.05, 0) is 44.7 Å². The average Bonchev–Trinajstić information content (AvgIpc) is 3.23. The van der Waals surface area contributed by atoms with Gasteiger partial charge in [-0.2, -0.15) is 0 Å². The summed E-state index contributed by atoms with van der Waals surface area (Å²) in [6.07, 6.45) is 4.22. The number of hydrogen-bond donors (Lipinski definition) is 2. The van der Waals surface area contributed by atoms with E-state index in [2.05, 4.69) is 26.6 Å². The molecule has 0 aromatic carbocycles. The van der Waals surface area contributed by atoms with E-state index in [4.69, 9.17) is 0 Å². The summed E-state index contributed by atoms with van der Waals surface area (Å²) in [5, 5.41) is 6.05. The molecule has 0 unspecified atom stereocenters. The third-order valence-electron chi connectivity index (χ3n) is 3.94. The van der Waals surface area contributed by atoms with Crippen LogP contribution in [-0.4, -0.2) is 36.2 Å². The van der Waals surface area contributed by atoms with Gasteiger partial charge >= 0.3 is 6.03 Å². The highest BCUT2D eigenvalue weighted by molar-refractivity contribution is 5.74. The molecule has 108 valence electrons. The van der Waals surface area contributed by atoms with Gasteiger partial charge in [-0.15, -0.1) is 0 Å². The van der Waals surface area contributed by atoms with Crippen LogP contribution in [0.5, 0.6) is 0 Å². The fourth-order valence-electron chi connectivity index (χ4n) is 2.60. The molecule has 1 saturated heterocycles. The Hall–Kier alpha value is -1.78. The maximum atomic E-state index is 11.7. The second kappa shape index (κ2) is 5.69. The Morgan fingerprint density at radius 1 is 1.15 bits per heavy atom. The van der Waals surface area contributed by atoms with Gasteiger partial charge in [-0.3, -0.25) is 0 Å². The first kappa shape index (κ1) is 13.2. The summed E-state index contributed by atoms with van der Waals surface area (Å²) in [6, 6.07) is 6.83. The normalized spacial score (nSPS) is 19.8. The molecule has 2 amide bonds. The number of carbonyl (C=O) groups excluding carboxylic acids is 1. The van der Waals surface area contributed by atoms with E-state index in [1.54, 1.807) is 0 Å². The Morgan fingerprint density at radius 2 is 1.80 bits per heavy atom. The van der Waals surface area contributed by atoms with Crippen molar-refractivity contribution in [2.45, 2.75) is 44.7 Å². The van der Waals surface area contributed by atoms with Crippen molar-refractivity contribution in [1.82, 2.24) is 15.6 Å². The molecule has 1 aliphatic heterocycles. The van der Waals surface area contributed by atoms with Crippen LogP contribution in [0.1, 0.15) is 31.4 Å². The fraction of sp³-hybridized carbons (Fsp3) is 0.600. The first-order valence-corrected chi connectivity index (χ1v) is 7.46. The minimum atomic E-state index is -0.000342. The topological polar surface area (TPSA) is 57.3 Å². The monoisotopic (exact) mass is 274 g/mol. The quantitative estimate of drug-likeness (QED) is 0.884. The highest BCUT2D eigenvalue weighted by atomic mass is 16.2. The van der Waals surface area contributed by atoms with E-state index in [0.717, 1.165) is 50.3 Å². The zero-order valence-corrected chi connectivity index (χ0v) is 11.9. The molecular weight excluding hydrogens is 252 g/mol. The molecule has 0 spiro atoms. The Morgan fingerprint density at radius 3 is 2.40 bits per heavy atom. The summed E-state index contributed by atoms with van der Waals surface area (Å²) >= 11 is 0. The molecule has 0 radical (unpaired) electrons. The number of pyridine rings is 1. The molecule has 5 heteroatoms.